The molecule has 1 aromatic heterocycles. The molecule has 4 rings (SSSR count). The van der Waals surface area contributed by atoms with Crippen LogP contribution in [-0.4, -0.2) is 81.0 Å². The van der Waals surface area contributed by atoms with Gasteiger partial charge in [0.25, 0.3) is 5.91 Å². The molecule has 2 heterocycles. The normalized spacial score (nSPS) is 18.9. The smallest absolute Gasteiger partial charge is 0.408 e. The van der Waals surface area contributed by atoms with E-state index in [9.17, 15) is 24.3 Å². The summed E-state index contributed by atoms with van der Waals surface area (Å²) in [6.07, 6.45) is 3.30. The SMILES string of the molecule is CN(C)C(=O)CCCCC1SCC(C(=O)Nc2nc(-c3ccc(C(=O)NC4CC4)cc3)cs2)N1C(=O)O. The number of aromatic nitrogens is 1. The molecule has 2 atom stereocenters. The van der Waals surface area contributed by atoms with Crippen molar-refractivity contribution in [2.75, 3.05) is 25.2 Å². The summed E-state index contributed by atoms with van der Waals surface area (Å²) in [5.74, 6) is -0.0855. The molecule has 12 heteroatoms. The van der Waals surface area contributed by atoms with Crippen LogP contribution in [0.5, 0.6) is 0 Å². The number of thiazole rings is 1. The number of benzene rings is 1. The molecule has 2 unspecified atom stereocenters. The maximum atomic E-state index is 13.0. The van der Waals surface area contributed by atoms with E-state index in [0.29, 0.717) is 53.9 Å². The molecule has 3 N–H and O–H groups in total. The van der Waals surface area contributed by atoms with Crippen molar-refractivity contribution in [2.24, 2.45) is 0 Å². The van der Waals surface area contributed by atoms with E-state index in [2.05, 4.69) is 15.6 Å². The molecular weight excluding hydrogens is 514 g/mol. The van der Waals surface area contributed by atoms with Crippen LogP contribution < -0.4 is 10.6 Å². The quantitative estimate of drug-likeness (QED) is 0.388. The van der Waals surface area contributed by atoms with Gasteiger partial charge in [-0.25, -0.2) is 9.78 Å². The van der Waals surface area contributed by atoms with Crippen LogP contribution in [0.2, 0.25) is 0 Å². The van der Waals surface area contributed by atoms with Crippen LogP contribution >= 0.6 is 23.1 Å². The van der Waals surface area contributed by atoms with Gasteiger partial charge in [0.2, 0.25) is 11.8 Å². The predicted molar refractivity (Wildman–Crippen MR) is 144 cm³/mol. The lowest BCUT2D eigenvalue weighted by Crippen LogP contribution is -2.47. The van der Waals surface area contributed by atoms with Crippen LogP contribution in [0.25, 0.3) is 11.3 Å². The molecule has 10 nitrogen and oxygen atoms in total. The monoisotopic (exact) mass is 545 g/mol. The zero-order valence-corrected chi connectivity index (χ0v) is 22.4. The molecule has 0 spiro atoms. The van der Waals surface area contributed by atoms with E-state index in [4.69, 9.17) is 0 Å². The van der Waals surface area contributed by atoms with Crippen molar-refractivity contribution in [2.45, 2.75) is 56.0 Å². The van der Waals surface area contributed by atoms with Gasteiger partial charge in [0.05, 0.1) is 11.1 Å². The second kappa shape index (κ2) is 12.0. The molecule has 2 aliphatic rings. The number of thioether (sulfide) groups is 1. The second-order valence-corrected chi connectivity index (χ2v) is 11.4. The Balaban J connectivity index is 1.31. The number of carbonyl (C=O) groups is 4. The zero-order chi connectivity index (χ0) is 26.5. The summed E-state index contributed by atoms with van der Waals surface area (Å²) in [5.41, 5.74) is 2.07. The summed E-state index contributed by atoms with van der Waals surface area (Å²) in [5, 5.41) is 17.4. The van der Waals surface area contributed by atoms with Crippen molar-refractivity contribution < 1.29 is 24.3 Å². The highest BCUT2D eigenvalue weighted by Crippen LogP contribution is 2.34. The second-order valence-electron chi connectivity index (χ2n) is 9.38. The molecule has 1 saturated heterocycles. The number of hydrogen-bond donors (Lipinski definition) is 3. The van der Waals surface area contributed by atoms with E-state index in [1.54, 1.807) is 31.1 Å². The number of anilines is 1. The van der Waals surface area contributed by atoms with Crippen molar-refractivity contribution in [3.05, 3.63) is 35.2 Å². The molecule has 2 fully saturated rings. The molecule has 4 amide bonds. The number of nitrogens with one attached hydrogen (secondary N) is 2. The van der Waals surface area contributed by atoms with Crippen molar-refractivity contribution in [1.82, 2.24) is 20.1 Å². The van der Waals surface area contributed by atoms with Crippen LogP contribution in [0.15, 0.2) is 29.6 Å². The Morgan fingerprint density at radius 2 is 1.86 bits per heavy atom. The first kappa shape index (κ1) is 26.9. The van der Waals surface area contributed by atoms with Gasteiger partial charge < -0.3 is 20.6 Å². The lowest BCUT2D eigenvalue weighted by molar-refractivity contribution is -0.128. The van der Waals surface area contributed by atoms with Gasteiger partial charge in [-0.2, -0.15) is 0 Å². The topological polar surface area (TPSA) is 132 Å². The highest BCUT2D eigenvalue weighted by molar-refractivity contribution is 8.00. The van der Waals surface area contributed by atoms with Gasteiger partial charge in [-0.15, -0.1) is 23.1 Å². The summed E-state index contributed by atoms with van der Waals surface area (Å²) in [6.45, 7) is 0. The number of nitrogens with zero attached hydrogens (tertiary/aromatic N) is 3. The molecule has 0 bridgehead atoms. The number of carboxylic acid groups (broad SMARTS) is 1. The summed E-state index contributed by atoms with van der Waals surface area (Å²) in [6, 6.07) is 6.62. The maximum absolute atomic E-state index is 13.0. The van der Waals surface area contributed by atoms with Crippen molar-refractivity contribution in [3.8, 4) is 11.3 Å². The van der Waals surface area contributed by atoms with Crippen LogP contribution in [0, 0.1) is 0 Å². The number of carbonyl (C=O) groups excluding carboxylic acids is 3. The molecular formula is C25H31N5O5S2. The molecule has 1 aliphatic carbocycles. The standard InChI is InChI=1S/C25H31N5O5S2/c1-29(2)20(31)5-3-4-6-21-30(25(34)35)19(14-36-21)23(33)28-24-27-18(13-37-24)15-7-9-16(10-8-15)22(32)26-17-11-12-17/h7-10,13,17,19,21H,3-6,11-12,14H2,1-2H3,(H,26,32)(H,34,35)(H,27,28,33). The summed E-state index contributed by atoms with van der Waals surface area (Å²) in [7, 11) is 3.42. The molecule has 198 valence electrons. The van der Waals surface area contributed by atoms with Gasteiger partial charge in [0.1, 0.15) is 6.04 Å². The Morgan fingerprint density at radius 3 is 2.51 bits per heavy atom. The fourth-order valence-corrected chi connectivity index (χ4v) is 6.17. The van der Waals surface area contributed by atoms with E-state index in [0.717, 1.165) is 18.4 Å². The van der Waals surface area contributed by atoms with Gasteiger partial charge in [-0.3, -0.25) is 19.3 Å². The van der Waals surface area contributed by atoms with Gasteiger partial charge in [0.15, 0.2) is 5.13 Å². The van der Waals surface area contributed by atoms with E-state index < -0.39 is 18.0 Å². The Kier molecular flexibility index (Phi) is 8.70. The van der Waals surface area contributed by atoms with E-state index >= 15 is 0 Å². The van der Waals surface area contributed by atoms with Crippen molar-refractivity contribution >= 4 is 52.0 Å². The molecule has 0 radical (unpaired) electrons. The van der Waals surface area contributed by atoms with E-state index in [1.165, 1.54) is 28.0 Å². The average molecular weight is 546 g/mol. The highest BCUT2D eigenvalue weighted by atomic mass is 32.2. The molecule has 2 aromatic rings. The van der Waals surface area contributed by atoms with E-state index in [1.807, 2.05) is 17.5 Å². The fraction of sp³-hybridized carbons (Fsp3) is 0.480. The average Bonchev–Trinajstić information content (AvgIpc) is 3.38. The summed E-state index contributed by atoms with van der Waals surface area (Å²) >= 11 is 2.70. The summed E-state index contributed by atoms with van der Waals surface area (Å²) < 4.78 is 0. The maximum Gasteiger partial charge on any atom is 0.408 e. The van der Waals surface area contributed by atoms with Gasteiger partial charge in [-0.1, -0.05) is 18.6 Å². The van der Waals surface area contributed by atoms with Gasteiger partial charge in [0, 0.05) is 48.8 Å². The third-order valence-corrected chi connectivity index (χ3v) is 8.41. The Hall–Kier alpha value is -3.12. The van der Waals surface area contributed by atoms with Crippen molar-refractivity contribution in [3.63, 3.8) is 0 Å². The molecule has 37 heavy (non-hydrogen) atoms. The van der Waals surface area contributed by atoms with Gasteiger partial charge >= 0.3 is 6.09 Å². The summed E-state index contributed by atoms with van der Waals surface area (Å²) in [4.78, 5) is 56.1. The Morgan fingerprint density at radius 1 is 1.14 bits per heavy atom. The third-order valence-electron chi connectivity index (χ3n) is 6.30. The lowest BCUT2D eigenvalue weighted by Gasteiger charge is -2.25. The first-order chi connectivity index (χ1) is 17.7. The van der Waals surface area contributed by atoms with Gasteiger partial charge in [-0.05, 0) is 37.8 Å². The Bertz CT molecular complexity index is 1150. The third kappa shape index (κ3) is 7.01. The van der Waals surface area contributed by atoms with Crippen LogP contribution in [-0.2, 0) is 9.59 Å². The number of amides is 4. The first-order valence-corrected chi connectivity index (χ1v) is 14.2. The van der Waals surface area contributed by atoms with Crippen LogP contribution in [0.4, 0.5) is 9.93 Å². The zero-order valence-electron chi connectivity index (χ0n) is 20.8. The van der Waals surface area contributed by atoms with Crippen LogP contribution in [0.1, 0.15) is 48.9 Å². The van der Waals surface area contributed by atoms with E-state index in [-0.39, 0.29) is 17.2 Å². The lowest BCUT2D eigenvalue weighted by atomic mass is 10.1. The number of hydrogen-bond acceptors (Lipinski definition) is 7. The minimum atomic E-state index is -1.13. The van der Waals surface area contributed by atoms with Crippen molar-refractivity contribution in [1.29, 1.82) is 0 Å². The minimum absolute atomic E-state index is 0.0456. The molecule has 1 aliphatic heterocycles. The largest absolute Gasteiger partial charge is 0.465 e. The minimum Gasteiger partial charge on any atom is -0.465 e. The highest BCUT2D eigenvalue weighted by Gasteiger charge is 2.41. The first-order valence-electron chi connectivity index (χ1n) is 12.2. The Labute approximate surface area is 223 Å². The van der Waals surface area contributed by atoms with Crippen LogP contribution in [0.3, 0.4) is 0 Å². The molecule has 1 saturated carbocycles. The number of rotatable bonds is 10. The number of unbranched alkanes of at least 4 members (excludes halogenated alkanes) is 1. The fourth-order valence-electron chi connectivity index (χ4n) is 4.00. The predicted octanol–water partition coefficient (Wildman–Crippen LogP) is 3.71. The molecule has 1 aromatic carbocycles.